The molecule has 1 aromatic rings. The molecule has 2 fully saturated rings. The summed E-state index contributed by atoms with van der Waals surface area (Å²) in [6.07, 6.45) is 2.89. The molecular weight excluding hydrogens is 276 g/mol. The van der Waals surface area contributed by atoms with Crippen LogP contribution in [0, 0.1) is 5.41 Å². The van der Waals surface area contributed by atoms with Crippen molar-refractivity contribution < 1.29 is 9.53 Å². The Hall–Kier alpha value is -1.18. The van der Waals surface area contributed by atoms with E-state index in [0.717, 1.165) is 31.1 Å². The first-order valence-corrected chi connectivity index (χ1v) is 7.78. The van der Waals surface area contributed by atoms with E-state index >= 15 is 0 Å². The molecular formula is C13H20N4O2S. The van der Waals surface area contributed by atoms with Crippen molar-refractivity contribution in [3.8, 4) is 0 Å². The van der Waals surface area contributed by atoms with Crippen LogP contribution in [0.5, 0.6) is 0 Å². The summed E-state index contributed by atoms with van der Waals surface area (Å²) in [5.41, 5.74) is 5.47. The van der Waals surface area contributed by atoms with E-state index in [0.29, 0.717) is 26.3 Å². The summed E-state index contributed by atoms with van der Waals surface area (Å²) in [4.78, 5) is 19.9. The second kappa shape index (κ2) is 5.67. The largest absolute Gasteiger partial charge is 0.379 e. The standard InChI is InChI=1S/C13H20N4O2S/c14-12(18)17-4-5-19-10-13(9-17)1-3-16(8-13)7-11-15-2-6-20-11/h2,6H,1,3-5,7-10H2,(H2,14,18). The van der Waals surface area contributed by atoms with Gasteiger partial charge in [0, 0.05) is 36.6 Å². The van der Waals surface area contributed by atoms with E-state index in [-0.39, 0.29) is 11.4 Å². The van der Waals surface area contributed by atoms with Gasteiger partial charge in [0.05, 0.1) is 19.8 Å². The number of hydrogen-bond acceptors (Lipinski definition) is 5. The molecule has 2 saturated heterocycles. The summed E-state index contributed by atoms with van der Waals surface area (Å²) in [6, 6.07) is -0.340. The Morgan fingerprint density at radius 1 is 1.50 bits per heavy atom. The zero-order valence-electron chi connectivity index (χ0n) is 11.5. The first-order valence-electron chi connectivity index (χ1n) is 6.90. The number of ether oxygens (including phenoxy) is 1. The highest BCUT2D eigenvalue weighted by Gasteiger charge is 2.41. The molecule has 3 rings (SSSR count). The molecule has 6 nitrogen and oxygen atoms in total. The molecule has 20 heavy (non-hydrogen) atoms. The van der Waals surface area contributed by atoms with Crippen LogP contribution in [0.2, 0.25) is 0 Å². The number of nitrogens with zero attached hydrogens (tertiary/aromatic N) is 3. The monoisotopic (exact) mass is 296 g/mol. The summed E-state index contributed by atoms with van der Waals surface area (Å²) in [7, 11) is 0. The molecule has 2 N–H and O–H groups in total. The summed E-state index contributed by atoms with van der Waals surface area (Å²) in [5.74, 6) is 0. The van der Waals surface area contributed by atoms with Crippen molar-refractivity contribution in [1.82, 2.24) is 14.8 Å². The molecule has 1 unspecified atom stereocenters. The molecule has 0 saturated carbocycles. The maximum Gasteiger partial charge on any atom is 0.314 e. The van der Waals surface area contributed by atoms with Crippen molar-refractivity contribution in [2.24, 2.45) is 11.1 Å². The minimum Gasteiger partial charge on any atom is -0.379 e. The average Bonchev–Trinajstić information content (AvgIpc) is 2.99. The van der Waals surface area contributed by atoms with Gasteiger partial charge in [-0.2, -0.15) is 0 Å². The van der Waals surface area contributed by atoms with Crippen molar-refractivity contribution in [3.05, 3.63) is 16.6 Å². The fourth-order valence-corrected chi connectivity index (χ4v) is 3.77. The first kappa shape index (κ1) is 13.8. The molecule has 2 aliphatic heterocycles. The molecule has 0 aliphatic carbocycles. The number of primary amides is 1. The molecule has 1 atom stereocenters. The Bertz CT molecular complexity index is 467. The minimum absolute atomic E-state index is 0.0305. The smallest absolute Gasteiger partial charge is 0.314 e. The quantitative estimate of drug-likeness (QED) is 0.874. The third-order valence-electron chi connectivity index (χ3n) is 4.11. The van der Waals surface area contributed by atoms with Crippen LogP contribution < -0.4 is 5.73 Å². The van der Waals surface area contributed by atoms with Gasteiger partial charge in [-0.05, 0) is 13.0 Å². The van der Waals surface area contributed by atoms with Gasteiger partial charge in [-0.3, -0.25) is 4.90 Å². The number of amides is 2. The first-order chi connectivity index (χ1) is 9.67. The fraction of sp³-hybridized carbons (Fsp3) is 0.692. The van der Waals surface area contributed by atoms with Gasteiger partial charge in [0.15, 0.2) is 0 Å². The zero-order valence-corrected chi connectivity index (χ0v) is 12.3. The van der Waals surface area contributed by atoms with Crippen molar-refractivity contribution in [2.45, 2.75) is 13.0 Å². The molecule has 0 aromatic carbocycles. The van der Waals surface area contributed by atoms with Gasteiger partial charge >= 0.3 is 6.03 Å². The van der Waals surface area contributed by atoms with Crippen molar-refractivity contribution >= 4 is 17.4 Å². The molecule has 3 heterocycles. The number of hydrogen-bond donors (Lipinski definition) is 1. The maximum absolute atomic E-state index is 11.5. The summed E-state index contributed by atoms with van der Waals surface area (Å²) >= 11 is 1.69. The highest BCUT2D eigenvalue weighted by molar-refractivity contribution is 7.09. The predicted molar refractivity (Wildman–Crippen MR) is 76.4 cm³/mol. The number of thiazole rings is 1. The highest BCUT2D eigenvalue weighted by Crippen LogP contribution is 2.34. The van der Waals surface area contributed by atoms with Crippen molar-refractivity contribution in [3.63, 3.8) is 0 Å². The molecule has 7 heteroatoms. The van der Waals surface area contributed by atoms with Gasteiger partial charge in [0.1, 0.15) is 5.01 Å². The second-order valence-electron chi connectivity index (χ2n) is 5.70. The van der Waals surface area contributed by atoms with Gasteiger partial charge in [-0.15, -0.1) is 11.3 Å². The van der Waals surface area contributed by atoms with E-state index < -0.39 is 0 Å². The molecule has 0 radical (unpaired) electrons. The number of likely N-dealkylation sites (tertiary alicyclic amines) is 1. The number of rotatable bonds is 2. The van der Waals surface area contributed by atoms with Gasteiger partial charge in [0.25, 0.3) is 0 Å². The lowest BCUT2D eigenvalue weighted by Crippen LogP contribution is -2.45. The van der Waals surface area contributed by atoms with E-state index in [1.807, 2.05) is 11.6 Å². The van der Waals surface area contributed by atoms with Crippen LogP contribution in [0.15, 0.2) is 11.6 Å². The molecule has 2 amide bonds. The Morgan fingerprint density at radius 3 is 3.15 bits per heavy atom. The van der Waals surface area contributed by atoms with E-state index in [1.165, 1.54) is 0 Å². The minimum atomic E-state index is -0.340. The van der Waals surface area contributed by atoms with E-state index in [2.05, 4.69) is 9.88 Å². The number of carbonyl (C=O) groups is 1. The van der Waals surface area contributed by atoms with Crippen LogP contribution >= 0.6 is 11.3 Å². The maximum atomic E-state index is 11.5. The summed E-state index contributed by atoms with van der Waals surface area (Å²) < 4.78 is 5.71. The number of nitrogens with two attached hydrogens (primary N) is 1. The van der Waals surface area contributed by atoms with Crippen LogP contribution in [-0.4, -0.2) is 60.2 Å². The lowest BCUT2D eigenvalue weighted by atomic mass is 9.87. The number of urea groups is 1. The third-order valence-corrected chi connectivity index (χ3v) is 4.88. The van der Waals surface area contributed by atoms with Gasteiger partial charge in [-0.1, -0.05) is 0 Å². The van der Waals surface area contributed by atoms with Crippen molar-refractivity contribution in [2.75, 3.05) is 39.4 Å². The Kier molecular flexibility index (Phi) is 3.91. The van der Waals surface area contributed by atoms with Crippen LogP contribution in [0.25, 0.3) is 0 Å². The van der Waals surface area contributed by atoms with E-state index in [4.69, 9.17) is 10.5 Å². The molecule has 1 spiro atoms. The van der Waals surface area contributed by atoms with Gasteiger partial charge < -0.3 is 15.4 Å². The lowest BCUT2D eigenvalue weighted by molar-refractivity contribution is 0.0715. The van der Waals surface area contributed by atoms with Crippen LogP contribution in [0.1, 0.15) is 11.4 Å². The lowest BCUT2D eigenvalue weighted by Gasteiger charge is -2.31. The highest BCUT2D eigenvalue weighted by atomic mass is 32.1. The summed E-state index contributed by atoms with van der Waals surface area (Å²) in [6.45, 7) is 5.45. The molecule has 0 bridgehead atoms. The predicted octanol–water partition coefficient (Wildman–Crippen LogP) is 0.746. The average molecular weight is 296 g/mol. The van der Waals surface area contributed by atoms with Gasteiger partial charge in [0.2, 0.25) is 0 Å². The van der Waals surface area contributed by atoms with Crippen LogP contribution in [0.3, 0.4) is 0 Å². The molecule has 110 valence electrons. The van der Waals surface area contributed by atoms with Gasteiger partial charge in [-0.25, -0.2) is 9.78 Å². The SMILES string of the molecule is NC(=O)N1CCOCC2(CCN(Cc3nccs3)C2)C1. The number of aromatic nitrogens is 1. The van der Waals surface area contributed by atoms with Crippen molar-refractivity contribution in [1.29, 1.82) is 0 Å². The van der Waals surface area contributed by atoms with Crippen LogP contribution in [0.4, 0.5) is 4.79 Å². The fourth-order valence-electron chi connectivity index (χ4n) is 3.11. The zero-order chi connectivity index (χ0) is 14.0. The Balaban J connectivity index is 1.65. The molecule has 2 aliphatic rings. The topological polar surface area (TPSA) is 71.7 Å². The Morgan fingerprint density at radius 2 is 2.40 bits per heavy atom. The van der Waals surface area contributed by atoms with Crippen LogP contribution in [-0.2, 0) is 11.3 Å². The normalized spacial score (nSPS) is 27.9. The third kappa shape index (κ3) is 2.94. The summed E-state index contributed by atoms with van der Waals surface area (Å²) in [5, 5.41) is 3.15. The Labute approximate surface area is 122 Å². The van der Waals surface area contributed by atoms with E-state index in [9.17, 15) is 4.79 Å². The second-order valence-corrected chi connectivity index (χ2v) is 6.68. The number of carbonyl (C=O) groups excluding carboxylic acids is 1. The molecule has 1 aromatic heterocycles. The van der Waals surface area contributed by atoms with E-state index in [1.54, 1.807) is 16.2 Å².